The highest BCUT2D eigenvalue weighted by molar-refractivity contribution is 5.91. The minimum Gasteiger partial charge on any atom is -0.473 e. The number of hydrogen-bond donors (Lipinski definition) is 0. The molecular formula is C25H30N6O2. The number of ether oxygens (including phenoxy) is 1. The van der Waals surface area contributed by atoms with Gasteiger partial charge >= 0.3 is 0 Å². The molecule has 1 aliphatic heterocycles. The Kier molecular flexibility index (Phi) is 5.38. The number of rotatable bonds is 8. The summed E-state index contributed by atoms with van der Waals surface area (Å²) in [6.07, 6.45) is 11.1. The first-order valence-electron chi connectivity index (χ1n) is 12.1. The number of aromatic nitrogens is 4. The van der Waals surface area contributed by atoms with E-state index in [0.717, 1.165) is 66.2 Å². The lowest BCUT2D eigenvalue weighted by Gasteiger charge is -2.25. The summed E-state index contributed by atoms with van der Waals surface area (Å²) >= 11 is 0. The second-order valence-corrected chi connectivity index (χ2v) is 9.24. The zero-order chi connectivity index (χ0) is 22.2. The van der Waals surface area contributed by atoms with E-state index in [2.05, 4.69) is 38.0 Å². The maximum absolute atomic E-state index is 6.23. The highest BCUT2D eigenvalue weighted by Crippen LogP contribution is 2.33. The van der Waals surface area contributed by atoms with E-state index in [1.54, 1.807) is 10.7 Å². The molecule has 4 aromatic rings. The van der Waals surface area contributed by atoms with Crippen LogP contribution >= 0.6 is 0 Å². The van der Waals surface area contributed by atoms with Crippen molar-refractivity contribution in [3.05, 3.63) is 36.7 Å². The average molecular weight is 447 g/mol. The Balaban J connectivity index is 1.26. The molecule has 8 heteroatoms. The Morgan fingerprint density at radius 3 is 2.82 bits per heavy atom. The molecule has 0 N–H and O–H groups in total. The highest BCUT2D eigenvalue weighted by Gasteiger charge is 2.21. The van der Waals surface area contributed by atoms with Gasteiger partial charge in [0, 0.05) is 25.9 Å². The molecule has 0 radical (unpaired) electrons. The van der Waals surface area contributed by atoms with E-state index in [-0.39, 0.29) is 6.10 Å². The van der Waals surface area contributed by atoms with Crippen LogP contribution in [-0.4, -0.2) is 63.8 Å². The fourth-order valence-electron chi connectivity index (χ4n) is 4.77. The standard InChI is InChI=1S/C25H30N6O2/c1-29(12-5-15-30-13-2-3-14-30)25-19-16-22(33-21(19)10-11-26-25)20-17-27-23-8-9-24(28-31(20)23)32-18-6-4-7-18/h8-11,16-18H,2-7,12-15H2,1H3. The second kappa shape index (κ2) is 8.67. The first-order chi connectivity index (χ1) is 16.2. The van der Waals surface area contributed by atoms with Crippen LogP contribution in [0.25, 0.3) is 28.1 Å². The van der Waals surface area contributed by atoms with E-state index in [1.807, 2.05) is 24.4 Å². The van der Waals surface area contributed by atoms with Gasteiger partial charge in [0.25, 0.3) is 0 Å². The van der Waals surface area contributed by atoms with Gasteiger partial charge in [-0.2, -0.15) is 0 Å². The van der Waals surface area contributed by atoms with Crippen molar-refractivity contribution >= 4 is 22.4 Å². The number of fused-ring (bicyclic) bond motifs is 2. The summed E-state index contributed by atoms with van der Waals surface area (Å²) in [5, 5.41) is 5.69. The third-order valence-corrected chi connectivity index (χ3v) is 6.88. The van der Waals surface area contributed by atoms with Crippen LogP contribution in [0, 0.1) is 0 Å². The van der Waals surface area contributed by atoms with Gasteiger partial charge in [0.05, 0.1) is 11.6 Å². The van der Waals surface area contributed by atoms with Crippen molar-refractivity contribution in [2.45, 2.75) is 44.6 Å². The van der Waals surface area contributed by atoms with Gasteiger partial charge in [-0.3, -0.25) is 0 Å². The lowest BCUT2D eigenvalue weighted by Crippen LogP contribution is -2.26. The lowest BCUT2D eigenvalue weighted by molar-refractivity contribution is 0.113. The molecule has 0 bridgehead atoms. The average Bonchev–Trinajstić information content (AvgIpc) is 3.54. The summed E-state index contributed by atoms with van der Waals surface area (Å²) in [4.78, 5) is 14.0. The second-order valence-electron chi connectivity index (χ2n) is 9.24. The van der Waals surface area contributed by atoms with Crippen molar-refractivity contribution in [2.24, 2.45) is 0 Å². The van der Waals surface area contributed by atoms with Crippen molar-refractivity contribution in [3.63, 3.8) is 0 Å². The minimum absolute atomic E-state index is 0.280. The summed E-state index contributed by atoms with van der Waals surface area (Å²) in [5.74, 6) is 2.30. The minimum atomic E-state index is 0.280. The monoisotopic (exact) mass is 446 g/mol. The van der Waals surface area contributed by atoms with Gasteiger partial charge in [0.1, 0.15) is 23.2 Å². The van der Waals surface area contributed by atoms with Gasteiger partial charge in [0.2, 0.25) is 5.88 Å². The van der Waals surface area contributed by atoms with E-state index in [9.17, 15) is 0 Å². The number of likely N-dealkylation sites (tertiary alicyclic amines) is 1. The Hall–Kier alpha value is -3.13. The zero-order valence-electron chi connectivity index (χ0n) is 19.1. The molecule has 4 aromatic heterocycles. The topological polar surface area (TPSA) is 71.9 Å². The molecule has 8 nitrogen and oxygen atoms in total. The number of imidazole rings is 1. The number of hydrogen-bond acceptors (Lipinski definition) is 7. The molecule has 2 fully saturated rings. The molecule has 0 atom stereocenters. The molecule has 0 spiro atoms. The van der Waals surface area contributed by atoms with Crippen LogP contribution in [0.1, 0.15) is 38.5 Å². The van der Waals surface area contributed by atoms with Gasteiger partial charge in [0.15, 0.2) is 11.4 Å². The number of pyridine rings is 1. The van der Waals surface area contributed by atoms with Crippen molar-refractivity contribution in [1.82, 2.24) is 24.5 Å². The molecule has 1 aliphatic carbocycles. The molecule has 33 heavy (non-hydrogen) atoms. The maximum atomic E-state index is 6.23. The third kappa shape index (κ3) is 4.04. The summed E-state index contributed by atoms with van der Waals surface area (Å²) in [5.41, 5.74) is 2.39. The smallest absolute Gasteiger partial charge is 0.232 e. The van der Waals surface area contributed by atoms with E-state index in [4.69, 9.17) is 9.15 Å². The summed E-state index contributed by atoms with van der Waals surface area (Å²) in [6.45, 7) is 4.59. The van der Waals surface area contributed by atoms with Crippen molar-refractivity contribution < 1.29 is 9.15 Å². The molecule has 1 saturated heterocycles. The van der Waals surface area contributed by atoms with Crippen LogP contribution in [0.3, 0.4) is 0 Å². The summed E-state index contributed by atoms with van der Waals surface area (Å²) < 4.78 is 14.0. The van der Waals surface area contributed by atoms with Gasteiger partial charge in [-0.1, -0.05) is 0 Å². The fourth-order valence-corrected chi connectivity index (χ4v) is 4.77. The van der Waals surface area contributed by atoms with Crippen molar-refractivity contribution in [1.29, 1.82) is 0 Å². The molecule has 0 aromatic carbocycles. The summed E-state index contributed by atoms with van der Waals surface area (Å²) in [7, 11) is 2.11. The van der Waals surface area contributed by atoms with Gasteiger partial charge in [-0.15, -0.1) is 5.10 Å². The third-order valence-electron chi connectivity index (χ3n) is 6.88. The summed E-state index contributed by atoms with van der Waals surface area (Å²) in [6, 6.07) is 7.80. The van der Waals surface area contributed by atoms with Gasteiger partial charge in [-0.05, 0) is 76.4 Å². The van der Waals surface area contributed by atoms with E-state index >= 15 is 0 Å². The molecular weight excluding hydrogens is 416 g/mol. The van der Waals surface area contributed by atoms with Crippen LogP contribution < -0.4 is 9.64 Å². The Labute approximate surface area is 193 Å². The van der Waals surface area contributed by atoms with Crippen LogP contribution in [0.2, 0.25) is 0 Å². The Morgan fingerprint density at radius 1 is 1.12 bits per heavy atom. The van der Waals surface area contributed by atoms with Crippen LogP contribution in [0.4, 0.5) is 5.82 Å². The predicted molar refractivity (Wildman–Crippen MR) is 128 cm³/mol. The first kappa shape index (κ1) is 20.5. The molecule has 1 saturated carbocycles. The van der Waals surface area contributed by atoms with Crippen molar-refractivity contribution in [3.8, 4) is 17.3 Å². The van der Waals surface area contributed by atoms with Crippen LogP contribution in [0.15, 0.2) is 41.1 Å². The molecule has 2 aliphatic rings. The van der Waals surface area contributed by atoms with E-state index in [0.29, 0.717) is 5.88 Å². The van der Waals surface area contributed by atoms with Gasteiger partial charge in [-0.25, -0.2) is 14.5 Å². The van der Waals surface area contributed by atoms with E-state index in [1.165, 1.54) is 32.4 Å². The lowest BCUT2D eigenvalue weighted by atomic mass is 9.96. The zero-order valence-corrected chi connectivity index (χ0v) is 19.1. The number of nitrogens with zero attached hydrogens (tertiary/aromatic N) is 6. The van der Waals surface area contributed by atoms with Crippen LogP contribution in [0.5, 0.6) is 5.88 Å². The molecule has 5 heterocycles. The SMILES string of the molecule is CN(CCCN1CCCC1)c1nccc2oc(-c3cnc4ccc(OC5CCC5)nn34)cc12. The van der Waals surface area contributed by atoms with E-state index < -0.39 is 0 Å². The molecule has 6 rings (SSSR count). The normalized spacial score (nSPS) is 17.1. The fraction of sp³-hybridized carbons (Fsp3) is 0.480. The largest absolute Gasteiger partial charge is 0.473 e. The molecule has 0 unspecified atom stereocenters. The first-order valence-corrected chi connectivity index (χ1v) is 12.1. The maximum Gasteiger partial charge on any atom is 0.232 e. The number of anilines is 1. The predicted octanol–water partition coefficient (Wildman–Crippen LogP) is 4.39. The quantitative estimate of drug-likeness (QED) is 0.397. The molecule has 0 amide bonds. The Bertz CT molecular complexity index is 1250. The van der Waals surface area contributed by atoms with Gasteiger partial charge < -0.3 is 19.0 Å². The number of furan rings is 1. The van der Waals surface area contributed by atoms with Crippen LogP contribution in [-0.2, 0) is 0 Å². The van der Waals surface area contributed by atoms with Crippen molar-refractivity contribution in [2.75, 3.05) is 38.1 Å². The molecule has 172 valence electrons. The Morgan fingerprint density at radius 2 is 2.00 bits per heavy atom. The highest BCUT2D eigenvalue weighted by atomic mass is 16.5.